The molecular weight excluding hydrogens is 762 g/mol. The molecule has 1 aromatic carbocycles. The van der Waals surface area contributed by atoms with Gasteiger partial charge < -0.3 is 0 Å². The van der Waals surface area contributed by atoms with E-state index < -0.39 is 58.6 Å². The molecule has 0 spiro atoms. The van der Waals surface area contributed by atoms with Gasteiger partial charge in [0.05, 0.1) is 0 Å². The Bertz CT molecular complexity index is 637. The van der Waals surface area contributed by atoms with Crippen molar-refractivity contribution in [2.75, 3.05) is 0 Å². The molecule has 2 rings (SSSR count). The van der Waals surface area contributed by atoms with Crippen LogP contribution >= 0.6 is 0 Å². The fourth-order valence-electron chi connectivity index (χ4n) is 4.64. The fraction of sp³-hybridized carbons (Fsp3) is 0.769. The summed E-state index contributed by atoms with van der Waals surface area (Å²) >= 11 is -0.823. The quantitative estimate of drug-likeness (QED) is 0.180. The van der Waals surface area contributed by atoms with Crippen LogP contribution in [-0.4, -0.2) is 86.0 Å². The topological polar surface area (TPSA) is 0 Å². The predicted molar refractivity (Wildman–Crippen MR) is 160 cm³/mol. The van der Waals surface area contributed by atoms with Gasteiger partial charge in [0.25, 0.3) is 0 Å². The van der Waals surface area contributed by atoms with Gasteiger partial charge in [-0.15, -0.1) is 0 Å². The van der Waals surface area contributed by atoms with Gasteiger partial charge in [0.1, 0.15) is 0 Å². The zero-order valence-electron chi connectivity index (χ0n) is 22.2. The maximum absolute atomic E-state index is 2.56. The van der Waals surface area contributed by atoms with Gasteiger partial charge in [0.15, 0.2) is 0 Å². The van der Waals surface area contributed by atoms with Crippen LogP contribution in [0.5, 0.6) is 0 Å². The first-order valence-corrected chi connectivity index (χ1v) is 39.8. The second-order valence-electron chi connectivity index (χ2n) is 10.4. The van der Waals surface area contributed by atoms with E-state index in [1.165, 1.54) is 51.4 Å². The van der Waals surface area contributed by atoms with E-state index in [1.807, 2.05) is 31.0 Å². The van der Waals surface area contributed by atoms with Crippen LogP contribution in [-0.2, 0) is 25.7 Å². The SMILES string of the molecule is C[As](C)CCCc1c(CCC[As](C)C)c(CCC[As](C)C)c2c(c1CCC[As](C)C)[As][As]2. The third-order valence-corrected chi connectivity index (χ3v) is 25.8. The van der Waals surface area contributed by atoms with E-state index in [0.717, 1.165) is 0 Å². The summed E-state index contributed by atoms with van der Waals surface area (Å²) in [4.78, 5) is 0. The second-order valence-corrected chi connectivity index (χ2v) is 39.4. The van der Waals surface area contributed by atoms with Crippen LogP contribution in [0.15, 0.2) is 0 Å². The molecule has 0 fully saturated rings. The Labute approximate surface area is 232 Å². The van der Waals surface area contributed by atoms with Crippen LogP contribution in [0, 0.1) is 0 Å². The van der Waals surface area contributed by atoms with Crippen molar-refractivity contribution < 1.29 is 0 Å². The first-order chi connectivity index (χ1) is 15.2. The maximum atomic E-state index is 2.56. The average Bonchev–Trinajstić information content (AvgIpc) is 2.65. The molecule has 182 valence electrons. The van der Waals surface area contributed by atoms with Crippen LogP contribution in [0.25, 0.3) is 0 Å². The van der Waals surface area contributed by atoms with E-state index in [2.05, 4.69) is 45.7 Å². The van der Waals surface area contributed by atoms with Crippen molar-refractivity contribution in [3.8, 4) is 0 Å². The van der Waals surface area contributed by atoms with Crippen LogP contribution in [0.3, 0.4) is 0 Å². The number of hydrogen-bond acceptors (Lipinski definition) is 0. The molecule has 0 nitrogen and oxygen atoms in total. The molecule has 2 radical (unpaired) electrons. The third-order valence-electron chi connectivity index (χ3n) is 6.27. The molecule has 1 aliphatic heterocycles. The molecule has 6 heteroatoms. The minimum atomic E-state index is -0.502. The van der Waals surface area contributed by atoms with Crippen molar-refractivity contribution in [1.82, 2.24) is 0 Å². The zero-order chi connectivity index (χ0) is 23.7. The molecule has 0 unspecified atom stereocenters. The molecule has 0 saturated heterocycles. The van der Waals surface area contributed by atoms with E-state index in [-0.39, 0.29) is 0 Å². The third kappa shape index (κ3) is 10.5. The number of rotatable bonds is 16. The Kier molecular flexibility index (Phi) is 15.8. The molecule has 1 aromatic rings. The van der Waals surface area contributed by atoms with Crippen molar-refractivity contribution in [2.24, 2.45) is 0 Å². The Morgan fingerprint density at radius 1 is 0.406 bits per heavy atom. The second kappa shape index (κ2) is 16.4. The van der Waals surface area contributed by atoms with Crippen molar-refractivity contribution >= 4 is 94.7 Å². The Morgan fingerprint density at radius 3 is 0.875 bits per heavy atom. The molecule has 32 heavy (non-hydrogen) atoms. The first kappa shape index (κ1) is 30.8. The van der Waals surface area contributed by atoms with E-state index in [4.69, 9.17) is 0 Å². The fourth-order valence-corrected chi connectivity index (χ4v) is 19.9. The van der Waals surface area contributed by atoms with Crippen molar-refractivity contribution in [2.45, 2.75) is 118 Å². The summed E-state index contributed by atoms with van der Waals surface area (Å²) in [5.41, 5.74) is 28.2. The van der Waals surface area contributed by atoms with Crippen LogP contribution in [0.2, 0.25) is 66.5 Å². The molecule has 0 bridgehead atoms. The summed E-state index contributed by atoms with van der Waals surface area (Å²) in [6.07, 6.45) is 11.7. The molecule has 0 aromatic heterocycles. The summed E-state index contributed by atoms with van der Waals surface area (Å²) in [5, 5.41) is 6.21. The normalized spacial score (nSPS) is 15.0. The summed E-state index contributed by atoms with van der Waals surface area (Å²) < 4.78 is 3.98. The van der Waals surface area contributed by atoms with Gasteiger partial charge in [-0.05, 0) is 0 Å². The summed E-state index contributed by atoms with van der Waals surface area (Å²) in [6, 6.07) is 0. The molecular formula is C26H48As6. The monoisotopic (exact) mass is 810 g/mol. The van der Waals surface area contributed by atoms with Crippen molar-refractivity contribution in [3.05, 3.63) is 22.3 Å². The van der Waals surface area contributed by atoms with E-state index in [1.54, 1.807) is 20.8 Å². The molecule has 0 aliphatic carbocycles. The molecule has 0 N–H and O–H groups in total. The van der Waals surface area contributed by atoms with Crippen molar-refractivity contribution in [3.63, 3.8) is 0 Å². The number of fused-ring (bicyclic) bond motifs is 1. The van der Waals surface area contributed by atoms with Crippen molar-refractivity contribution in [1.29, 1.82) is 0 Å². The zero-order valence-corrected chi connectivity index (χ0v) is 33.4. The average molecular weight is 810 g/mol. The standard InChI is InChI=1S/C26H48As6/c1-29(2)17-9-13-21-22(14-10-18-30(3)4)24(16-12-20-32(7)8)26-25(27-28-26)23(21)15-11-19-31(5)6/h9-20H2,1-8H3. The summed E-state index contributed by atoms with van der Waals surface area (Å²) in [7, 11) is 0. The van der Waals surface area contributed by atoms with E-state index in [9.17, 15) is 0 Å². The van der Waals surface area contributed by atoms with Gasteiger partial charge in [-0.1, -0.05) is 0 Å². The van der Waals surface area contributed by atoms with E-state index in [0.29, 0.717) is 27.4 Å². The van der Waals surface area contributed by atoms with Crippen LogP contribution < -0.4 is 8.70 Å². The van der Waals surface area contributed by atoms with Gasteiger partial charge in [-0.25, -0.2) is 0 Å². The Hall–Kier alpha value is 2.57. The van der Waals surface area contributed by atoms with Gasteiger partial charge in [-0.3, -0.25) is 0 Å². The molecule has 1 aliphatic rings. The summed E-state index contributed by atoms with van der Waals surface area (Å²) in [5.74, 6) is 0. The van der Waals surface area contributed by atoms with E-state index >= 15 is 0 Å². The minimum absolute atomic E-state index is 0.486. The van der Waals surface area contributed by atoms with Crippen LogP contribution in [0.4, 0.5) is 0 Å². The van der Waals surface area contributed by atoms with Gasteiger partial charge >= 0.3 is 235 Å². The van der Waals surface area contributed by atoms with Gasteiger partial charge in [-0.2, -0.15) is 0 Å². The molecule has 0 saturated carbocycles. The Balaban J connectivity index is 2.40. The van der Waals surface area contributed by atoms with Gasteiger partial charge in [0.2, 0.25) is 0 Å². The van der Waals surface area contributed by atoms with Crippen LogP contribution in [0.1, 0.15) is 47.9 Å². The summed E-state index contributed by atoms with van der Waals surface area (Å²) in [6.45, 7) is 0. The predicted octanol–water partition coefficient (Wildman–Crippen LogP) is 6.02. The molecule has 1 heterocycles. The number of hydrogen-bond donors (Lipinski definition) is 0. The van der Waals surface area contributed by atoms with Gasteiger partial charge in [0, 0.05) is 0 Å². The first-order valence-electron chi connectivity index (χ1n) is 12.4. The number of benzene rings is 1. The molecule has 0 atom stereocenters. The molecule has 0 amide bonds. The Morgan fingerprint density at radius 2 is 0.656 bits per heavy atom.